The lowest BCUT2D eigenvalue weighted by molar-refractivity contribution is -0.697. The number of aromatic nitrogens is 2. The Balaban J connectivity index is 1.92. The largest absolute Gasteiger partial charge is 0.286 e. The van der Waals surface area contributed by atoms with Crippen molar-refractivity contribution in [2.75, 3.05) is 11.5 Å². The van der Waals surface area contributed by atoms with E-state index in [0.29, 0.717) is 25.9 Å². The number of hydrogen-bond acceptors (Lipinski definition) is 4. The lowest BCUT2D eigenvalue weighted by Gasteiger charge is -2.02. The van der Waals surface area contributed by atoms with Crippen LogP contribution in [-0.2, 0) is 33.3 Å². The lowest BCUT2D eigenvalue weighted by Crippen LogP contribution is -2.34. The Hall–Kier alpha value is -1.88. The Kier molecular flexibility index (Phi) is 6.81. The van der Waals surface area contributed by atoms with Gasteiger partial charge in [-0.05, 0) is 11.1 Å². The van der Waals surface area contributed by atoms with Crippen molar-refractivity contribution in [3.63, 3.8) is 0 Å². The van der Waals surface area contributed by atoms with Gasteiger partial charge in [-0.1, -0.05) is 0 Å². The highest BCUT2D eigenvalue weighted by Gasteiger charge is 2.10. The van der Waals surface area contributed by atoms with Crippen molar-refractivity contribution in [3.05, 3.63) is 49.1 Å². The van der Waals surface area contributed by atoms with Gasteiger partial charge >= 0.3 is 0 Å². The topological polar surface area (TPSA) is 117 Å². The van der Waals surface area contributed by atoms with Gasteiger partial charge in [-0.3, -0.25) is 9.11 Å². The third-order valence-electron chi connectivity index (χ3n) is 3.75. The van der Waals surface area contributed by atoms with Gasteiger partial charge in [0, 0.05) is 37.1 Å². The molecule has 2 aromatic rings. The number of hydrogen-bond donors (Lipinski definition) is 2. The quantitative estimate of drug-likeness (QED) is 0.466. The Morgan fingerprint density at radius 2 is 0.962 bits per heavy atom. The highest BCUT2D eigenvalue weighted by molar-refractivity contribution is 7.86. The SMILES string of the molecule is O=S(=O)(O)CCC[n+]1ccc(-c2cc[n+](CCCS(=O)(=O)O)cc2)cc1. The molecule has 2 N–H and O–H groups in total. The monoisotopic (exact) mass is 402 g/mol. The van der Waals surface area contributed by atoms with Crippen molar-refractivity contribution in [1.82, 2.24) is 0 Å². The summed E-state index contributed by atoms with van der Waals surface area (Å²) in [6, 6.07) is 7.63. The van der Waals surface area contributed by atoms with Crippen molar-refractivity contribution in [2.45, 2.75) is 25.9 Å². The van der Waals surface area contributed by atoms with Gasteiger partial charge in [0.2, 0.25) is 0 Å². The first kappa shape index (κ1) is 20.4. The van der Waals surface area contributed by atoms with E-state index in [4.69, 9.17) is 9.11 Å². The molecule has 0 fully saturated rings. The predicted molar refractivity (Wildman–Crippen MR) is 94.3 cm³/mol. The summed E-state index contributed by atoms with van der Waals surface area (Å²) in [4.78, 5) is 0. The second kappa shape index (κ2) is 8.67. The van der Waals surface area contributed by atoms with E-state index in [0.717, 1.165) is 11.1 Å². The van der Waals surface area contributed by atoms with Crippen LogP contribution >= 0.6 is 0 Å². The summed E-state index contributed by atoms with van der Waals surface area (Å²) in [7, 11) is -7.85. The zero-order valence-corrected chi connectivity index (χ0v) is 15.7. The third kappa shape index (κ3) is 7.56. The van der Waals surface area contributed by atoms with Gasteiger partial charge in [-0.2, -0.15) is 16.8 Å². The molecule has 26 heavy (non-hydrogen) atoms. The molecule has 0 aliphatic carbocycles. The van der Waals surface area contributed by atoms with E-state index in [2.05, 4.69) is 0 Å². The molecule has 0 bridgehead atoms. The maximum atomic E-state index is 10.7. The molecule has 0 spiro atoms. The van der Waals surface area contributed by atoms with Crippen LogP contribution in [0.5, 0.6) is 0 Å². The molecule has 0 unspecified atom stereocenters. The Bertz CT molecular complexity index is 844. The predicted octanol–water partition coefficient (Wildman–Crippen LogP) is 0.484. The average Bonchev–Trinajstić information content (AvgIpc) is 2.54. The van der Waals surface area contributed by atoms with Gasteiger partial charge in [0.1, 0.15) is 13.1 Å². The van der Waals surface area contributed by atoms with E-state index < -0.39 is 20.2 Å². The first-order chi connectivity index (χ1) is 12.1. The molecule has 0 saturated carbocycles. The van der Waals surface area contributed by atoms with Crippen LogP contribution in [0.25, 0.3) is 11.1 Å². The molecule has 2 aromatic heterocycles. The molecule has 142 valence electrons. The summed E-state index contributed by atoms with van der Waals surface area (Å²) in [6.07, 6.45) is 8.02. The summed E-state index contributed by atoms with van der Waals surface area (Å²) >= 11 is 0. The molecule has 0 saturated heterocycles. The molecule has 0 radical (unpaired) electrons. The number of rotatable bonds is 9. The van der Waals surface area contributed by atoms with Crippen molar-refractivity contribution in [2.24, 2.45) is 0 Å². The van der Waals surface area contributed by atoms with Crippen LogP contribution in [0.1, 0.15) is 12.8 Å². The molecule has 0 atom stereocenters. The Morgan fingerprint density at radius 1 is 0.654 bits per heavy atom. The summed E-state index contributed by atoms with van der Waals surface area (Å²) < 4.78 is 63.9. The molecular weight excluding hydrogens is 380 g/mol. The van der Waals surface area contributed by atoms with Gasteiger partial charge < -0.3 is 0 Å². The summed E-state index contributed by atoms with van der Waals surface area (Å²) in [5.74, 6) is -0.532. The fraction of sp³-hybridized carbons (Fsp3) is 0.375. The van der Waals surface area contributed by atoms with Crippen molar-refractivity contribution in [3.8, 4) is 11.1 Å². The Labute approximate surface area is 153 Å². The molecule has 0 aromatic carbocycles. The molecule has 0 amide bonds. The van der Waals surface area contributed by atoms with E-state index in [-0.39, 0.29) is 11.5 Å². The van der Waals surface area contributed by atoms with Crippen LogP contribution in [0, 0.1) is 0 Å². The number of nitrogens with zero attached hydrogens (tertiary/aromatic N) is 2. The van der Waals surface area contributed by atoms with Crippen LogP contribution in [0.2, 0.25) is 0 Å². The first-order valence-corrected chi connectivity index (χ1v) is 11.2. The van der Waals surface area contributed by atoms with Crippen molar-refractivity contribution in [1.29, 1.82) is 0 Å². The molecular formula is C16H22N2O6S2+2. The molecule has 0 aliphatic rings. The second-order valence-electron chi connectivity index (χ2n) is 5.93. The zero-order chi connectivity index (χ0) is 19.2. The Morgan fingerprint density at radius 3 is 1.23 bits per heavy atom. The molecule has 8 nitrogen and oxygen atoms in total. The third-order valence-corrected chi connectivity index (χ3v) is 5.36. The average molecular weight is 402 g/mol. The minimum Gasteiger partial charge on any atom is -0.286 e. The fourth-order valence-corrected chi connectivity index (χ4v) is 3.44. The van der Waals surface area contributed by atoms with Crippen LogP contribution in [0.15, 0.2) is 49.1 Å². The van der Waals surface area contributed by atoms with E-state index in [1.165, 1.54) is 0 Å². The maximum Gasteiger partial charge on any atom is 0.265 e. The van der Waals surface area contributed by atoms with Gasteiger partial charge in [0.25, 0.3) is 20.2 Å². The van der Waals surface area contributed by atoms with Crippen LogP contribution < -0.4 is 9.13 Å². The molecule has 2 heterocycles. The lowest BCUT2D eigenvalue weighted by atomic mass is 10.1. The van der Waals surface area contributed by atoms with Gasteiger partial charge in [-0.25, -0.2) is 9.13 Å². The summed E-state index contributed by atoms with van der Waals surface area (Å²) in [5.41, 5.74) is 1.97. The molecule has 10 heteroatoms. The van der Waals surface area contributed by atoms with Crippen molar-refractivity contribution >= 4 is 20.2 Å². The van der Waals surface area contributed by atoms with Gasteiger partial charge in [0.05, 0.1) is 11.5 Å². The van der Waals surface area contributed by atoms with Crippen LogP contribution in [-0.4, -0.2) is 37.4 Å². The van der Waals surface area contributed by atoms with Gasteiger partial charge in [0.15, 0.2) is 24.8 Å². The fourth-order valence-electron chi connectivity index (χ4n) is 2.46. The highest BCUT2D eigenvalue weighted by Crippen LogP contribution is 2.15. The highest BCUT2D eigenvalue weighted by atomic mass is 32.2. The smallest absolute Gasteiger partial charge is 0.265 e. The van der Waals surface area contributed by atoms with E-state index in [1.807, 2.05) is 58.2 Å². The minimum atomic E-state index is -3.93. The second-order valence-corrected chi connectivity index (χ2v) is 9.07. The maximum absolute atomic E-state index is 10.7. The number of pyridine rings is 2. The zero-order valence-electron chi connectivity index (χ0n) is 14.1. The van der Waals surface area contributed by atoms with E-state index in [9.17, 15) is 16.8 Å². The van der Waals surface area contributed by atoms with Crippen molar-refractivity contribution < 1.29 is 35.1 Å². The molecule has 0 aliphatic heterocycles. The number of aryl methyl sites for hydroxylation is 2. The van der Waals surface area contributed by atoms with Crippen LogP contribution in [0.4, 0.5) is 0 Å². The summed E-state index contributed by atoms with van der Waals surface area (Å²) in [5, 5.41) is 0. The van der Waals surface area contributed by atoms with Gasteiger partial charge in [-0.15, -0.1) is 0 Å². The first-order valence-electron chi connectivity index (χ1n) is 8.01. The normalized spacial score (nSPS) is 12.2. The molecule has 2 rings (SSSR count). The van der Waals surface area contributed by atoms with E-state index >= 15 is 0 Å². The van der Waals surface area contributed by atoms with Crippen LogP contribution in [0.3, 0.4) is 0 Å². The minimum absolute atomic E-state index is 0.266. The summed E-state index contributed by atoms with van der Waals surface area (Å²) in [6.45, 7) is 0.977. The van der Waals surface area contributed by atoms with E-state index in [1.54, 1.807) is 0 Å². The standard InChI is InChI=1S/C16H20N2O6S2/c19-25(20,21)13-1-7-17-9-3-15(4-10-17)16-5-11-18(12-6-16)8-2-14-26(22,23)24/h3-6,9-12H,1-2,7-8,13-14H2/p+2.